The average molecular weight is 499 g/mol. The maximum Gasteiger partial charge on any atom is 0.278 e. The molecular formula is C24H20Cl2N4O2S. The standard InChI is InChI=1S/C24H20Cl2N4O2S/c1-14-11-15(2)29-24(28-14)33-21-20(27-12-17-5-3-4-6-19(17)26)22(31)30(23(21)32)13-16-7-9-18(25)10-8-16/h3-11,27H,12-13H2,1-2H3. The van der Waals surface area contributed by atoms with Crippen LogP contribution in [0.4, 0.5) is 0 Å². The van der Waals surface area contributed by atoms with E-state index in [9.17, 15) is 9.59 Å². The second-order valence-corrected chi connectivity index (χ2v) is 9.33. The number of aromatic nitrogens is 2. The van der Waals surface area contributed by atoms with E-state index in [1.54, 1.807) is 30.3 Å². The van der Waals surface area contributed by atoms with Gasteiger partial charge in [-0.3, -0.25) is 14.5 Å². The van der Waals surface area contributed by atoms with E-state index in [1.165, 1.54) is 4.90 Å². The molecule has 0 spiro atoms. The first-order valence-electron chi connectivity index (χ1n) is 10.1. The van der Waals surface area contributed by atoms with Gasteiger partial charge in [0.25, 0.3) is 11.8 Å². The molecule has 1 aromatic heterocycles. The topological polar surface area (TPSA) is 75.2 Å². The van der Waals surface area contributed by atoms with Crippen LogP contribution in [0.25, 0.3) is 0 Å². The fourth-order valence-electron chi connectivity index (χ4n) is 3.38. The van der Waals surface area contributed by atoms with Crippen molar-refractivity contribution in [3.8, 4) is 0 Å². The molecule has 0 atom stereocenters. The number of amides is 2. The Kier molecular flexibility index (Phi) is 7.02. The van der Waals surface area contributed by atoms with Gasteiger partial charge in [0.15, 0.2) is 5.16 Å². The fourth-order valence-corrected chi connectivity index (χ4v) is 4.73. The Morgan fingerprint density at radius 2 is 1.61 bits per heavy atom. The van der Waals surface area contributed by atoms with Crippen molar-refractivity contribution in [1.82, 2.24) is 20.2 Å². The van der Waals surface area contributed by atoms with Crippen molar-refractivity contribution in [2.45, 2.75) is 32.1 Å². The molecule has 0 unspecified atom stereocenters. The minimum absolute atomic E-state index is 0.129. The van der Waals surface area contributed by atoms with Crippen molar-refractivity contribution >= 4 is 46.8 Å². The molecule has 2 aromatic carbocycles. The van der Waals surface area contributed by atoms with Crippen LogP contribution in [-0.4, -0.2) is 26.7 Å². The van der Waals surface area contributed by atoms with E-state index < -0.39 is 11.8 Å². The van der Waals surface area contributed by atoms with E-state index in [2.05, 4.69) is 15.3 Å². The molecule has 6 nitrogen and oxygen atoms in total. The first-order chi connectivity index (χ1) is 15.8. The highest BCUT2D eigenvalue weighted by Crippen LogP contribution is 2.34. The minimum Gasteiger partial charge on any atom is -0.375 e. The molecule has 3 aromatic rings. The van der Waals surface area contributed by atoms with Crippen LogP contribution in [0.15, 0.2) is 70.4 Å². The molecule has 0 saturated heterocycles. The highest BCUT2D eigenvalue weighted by atomic mass is 35.5. The summed E-state index contributed by atoms with van der Waals surface area (Å²) in [6, 6.07) is 16.2. The van der Waals surface area contributed by atoms with Crippen molar-refractivity contribution in [3.05, 3.63) is 97.8 Å². The zero-order valence-electron chi connectivity index (χ0n) is 17.9. The number of imide groups is 1. The van der Waals surface area contributed by atoms with Crippen LogP contribution in [0.5, 0.6) is 0 Å². The summed E-state index contributed by atoms with van der Waals surface area (Å²) in [6.07, 6.45) is 0. The number of aryl methyl sites for hydroxylation is 2. The maximum absolute atomic E-state index is 13.3. The molecular weight excluding hydrogens is 479 g/mol. The van der Waals surface area contributed by atoms with Gasteiger partial charge in [-0.05, 0) is 61.0 Å². The van der Waals surface area contributed by atoms with Gasteiger partial charge in [0, 0.05) is 28.0 Å². The highest BCUT2D eigenvalue weighted by Gasteiger charge is 2.39. The number of nitrogens with zero attached hydrogens (tertiary/aromatic N) is 3. The number of hydrogen-bond donors (Lipinski definition) is 1. The number of carbonyl (C=O) groups excluding carboxylic acids is 2. The lowest BCUT2D eigenvalue weighted by atomic mass is 10.2. The zero-order valence-corrected chi connectivity index (χ0v) is 20.3. The van der Waals surface area contributed by atoms with E-state index in [-0.39, 0.29) is 17.1 Å². The first-order valence-corrected chi connectivity index (χ1v) is 11.7. The minimum atomic E-state index is -0.408. The SMILES string of the molecule is Cc1cc(C)nc(SC2=C(NCc3ccccc3Cl)C(=O)N(Cc3ccc(Cl)cc3)C2=O)n1. The van der Waals surface area contributed by atoms with Crippen LogP contribution < -0.4 is 5.32 Å². The third kappa shape index (κ3) is 5.38. The van der Waals surface area contributed by atoms with E-state index in [0.717, 1.165) is 34.3 Å². The summed E-state index contributed by atoms with van der Waals surface area (Å²) >= 11 is 13.3. The third-order valence-corrected chi connectivity index (χ3v) is 6.52. The Morgan fingerprint density at radius 1 is 0.939 bits per heavy atom. The second kappa shape index (κ2) is 9.95. The summed E-state index contributed by atoms with van der Waals surface area (Å²) in [7, 11) is 0. The number of benzene rings is 2. The largest absolute Gasteiger partial charge is 0.375 e. The molecule has 2 amide bonds. The summed E-state index contributed by atoms with van der Waals surface area (Å²) in [5, 5.41) is 4.70. The van der Waals surface area contributed by atoms with Crippen molar-refractivity contribution in [2.75, 3.05) is 0 Å². The summed E-state index contributed by atoms with van der Waals surface area (Å²) in [5.74, 6) is -0.807. The number of nitrogens with one attached hydrogen (secondary N) is 1. The molecule has 168 valence electrons. The monoisotopic (exact) mass is 498 g/mol. The van der Waals surface area contributed by atoms with Gasteiger partial charge >= 0.3 is 0 Å². The maximum atomic E-state index is 13.3. The van der Waals surface area contributed by atoms with E-state index >= 15 is 0 Å². The van der Waals surface area contributed by atoms with Crippen molar-refractivity contribution in [1.29, 1.82) is 0 Å². The van der Waals surface area contributed by atoms with E-state index in [4.69, 9.17) is 23.2 Å². The highest BCUT2D eigenvalue weighted by molar-refractivity contribution is 8.04. The summed E-state index contributed by atoms with van der Waals surface area (Å²) < 4.78 is 0. The number of carbonyl (C=O) groups is 2. The quantitative estimate of drug-likeness (QED) is 0.362. The third-order valence-electron chi connectivity index (χ3n) is 4.95. The molecule has 9 heteroatoms. The van der Waals surface area contributed by atoms with Crippen molar-refractivity contribution < 1.29 is 9.59 Å². The van der Waals surface area contributed by atoms with Gasteiger partial charge in [0.2, 0.25) is 0 Å². The summed E-state index contributed by atoms with van der Waals surface area (Å²) in [5.41, 5.74) is 3.38. The number of halogens is 2. The van der Waals surface area contributed by atoms with Gasteiger partial charge in [-0.25, -0.2) is 9.97 Å². The molecule has 0 aliphatic carbocycles. The van der Waals surface area contributed by atoms with Crippen LogP contribution in [0.3, 0.4) is 0 Å². The normalized spacial score (nSPS) is 13.8. The predicted octanol–water partition coefficient (Wildman–Crippen LogP) is 5.06. The van der Waals surface area contributed by atoms with Crippen LogP contribution in [0.2, 0.25) is 10.0 Å². The molecule has 0 saturated carbocycles. The zero-order chi connectivity index (χ0) is 23.5. The lowest BCUT2D eigenvalue weighted by molar-refractivity contribution is -0.138. The molecule has 33 heavy (non-hydrogen) atoms. The lowest BCUT2D eigenvalue weighted by Gasteiger charge is -2.15. The fraction of sp³-hybridized carbons (Fsp3) is 0.167. The van der Waals surface area contributed by atoms with Crippen LogP contribution in [0, 0.1) is 13.8 Å². The van der Waals surface area contributed by atoms with Gasteiger partial charge < -0.3 is 5.32 Å². The van der Waals surface area contributed by atoms with Crippen LogP contribution in [-0.2, 0) is 22.7 Å². The summed E-state index contributed by atoms with van der Waals surface area (Å²) in [4.78, 5) is 36.9. The van der Waals surface area contributed by atoms with Crippen LogP contribution in [0.1, 0.15) is 22.5 Å². The van der Waals surface area contributed by atoms with Gasteiger partial charge in [-0.1, -0.05) is 53.5 Å². The Morgan fingerprint density at radius 3 is 2.27 bits per heavy atom. The Labute approximate surface area is 206 Å². The molecule has 4 rings (SSSR count). The number of thioether (sulfide) groups is 1. The van der Waals surface area contributed by atoms with Crippen LogP contribution >= 0.6 is 35.0 Å². The van der Waals surface area contributed by atoms with Gasteiger partial charge in [0.05, 0.1) is 6.54 Å². The second-order valence-electron chi connectivity index (χ2n) is 7.51. The van der Waals surface area contributed by atoms with Crippen molar-refractivity contribution in [3.63, 3.8) is 0 Å². The van der Waals surface area contributed by atoms with E-state index in [1.807, 2.05) is 38.1 Å². The molecule has 1 aliphatic rings. The molecule has 2 heterocycles. The molecule has 0 bridgehead atoms. The number of hydrogen-bond acceptors (Lipinski definition) is 6. The lowest BCUT2D eigenvalue weighted by Crippen LogP contribution is -2.33. The first kappa shape index (κ1) is 23.3. The van der Waals surface area contributed by atoms with Gasteiger partial charge in [-0.2, -0.15) is 0 Å². The van der Waals surface area contributed by atoms with Crippen molar-refractivity contribution in [2.24, 2.45) is 0 Å². The Balaban J connectivity index is 1.65. The molecule has 0 radical (unpaired) electrons. The Hall–Kier alpha value is -2.87. The van der Waals surface area contributed by atoms with Gasteiger partial charge in [0.1, 0.15) is 10.6 Å². The molecule has 1 N–H and O–H groups in total. The summed E-state index contributed by atoms with van der Waals surface area (Å²) in [6.45, 7) is 4.14. The van der Waals surface area contributed by atoms with E-state index in [0.29, 0.717) is 21.7 Å². The predicted molar refractivity (Wildman–Crippen MR) is 130 cm³/mol. The Bertz CT molecular complexity index is 1240. The number of rotatable bonds is 7. The average Bonchev–Trinajstić information content (AvgIpc) is 2.98. The molecule has 1 aliphatic heterocycles. The molecule has 0 fully saturated rings. The van der Waals surface area contributed by atoms with Gasteiger partial charge in [-0.15, -0.1) is 0 Å². The smallest absolute Gasteiger partial charge is 0.278 e.